The van der Waals surface area contributed by atoms with E-state index in [-0.39, 0.29) is 5.56 Å². The molecule has 0 amide bonds. The SMILES string of the molecule is CCc1cc2cccc(/C=C/C3CCCC3)c2c(=O)n1-c1ccccc1. The molecule has 2 heteroatoms. The standard InChI is InChI=1S/C24H25NO/c1-2-21-17-20-12-8-11-19(16-15-18-9-6-7-10-18)23(20)24(26)25(21)22-13-4-3-5-14-22/h3-5,8,11-18H,2,6-7,9-10H2,1H3/b16-15+. The molecular weight excluding hydrogens is 318 g/mol. The number of rotatable bonds is 4. The molecule has 1 aromatic heterocycles. The van der Waals surface area contributed by atoms with Crippen LogP contribution in [-0.2, 0) is 6.42 Å². The first kappa shape index (κ1) is 16.8. The van der Waals surface area contributed by atoms with E-state index in [2.05, 4.69) is 43.3 Å². The van der Waals surface area contributed by atoms with Gasteiger partial charge in [-0.25, -0.2) is 0 Å². The Balaban J connectivity index is 1.91. The summed E-state index contributed by atoms with van der Waals surface area (Å²) in [5.74, 6) is 0.663. The summed E-state index contributed by atoms with van der Waals surface area (Å²) in [6.07, 6.45) is 10.5. The van der Waals surface area contributed by atoms with E-state index in [9.17, 15) is 4.79 Å². The highest BCUT2D eigenvalue weighted by atomic mass is 16.1. The Labute approximate surface area is 154 Å². The Morgan fingerprint density at radius 2 is 1.81 bits per heavy atom. The van der Waals surface area contributed by atoms with Crippen LogP contribution in [0.5, 0.6) is 0 Å². The van der Waals surface area contributed by atoms with Gasteiger partial charge in [0.1, 0.15) is 0 Å². The number of para-hydroxylation sites is 1. The van der Waals surface area contributed by atoms with Crippen molar-refractivity contribution in [3.63, 3.8) is 0 Å². The first-order valence-electron chi connectivity index (χ1n) is 9.69. The summed E-state index contributed by atoms with van der Waals surface area (Å²) in [5, 5.41) is 1.86. The molecular formula is C24H25NO. The maximum Gasteiger partial charge on any atom is 0.263 e. The molecule has 0 unspecified atom stereocenters. The van der Waals surface area contributed by atoms with Crippen molar-refractivity contribution < 1.29 is 0 Å². The molecule has 1 aliphatic rings. The van der Waals surface area contributed by atoms with Crippen LogP contribution in [0.1, 0.15) is 43.9 Å². The summed E-state index contributed by atoms with van der Waals surface area (Å²) >= 11 is 0. The lowest BCUT2D eigenvalue weighted by atomic mass is 10.0. The highest BCUT2D eigenvalue weighted by Crippen LogP contribution is 2.27. The Bertz CT molecular complexity index is 992. The molecule has 0 atom stereocenters. The van der Waals surface area contributed by atoms with Gasteiger partial charge in [0.05, 0.1) is 5.39 Å². The van der Waals surface area contributed by atoms with E-state index in [1.54, 1.807) is 0 Å². The van der Waals surface area contributed by atoms with Crippen LogP contribution in [0.25, 0.3) is 22.5 Å². The Hall–Kier alpha value is -2.61. The van der Waals surface area contributed by atoms with Crippen molar-refractivity contribution in [1.29, 1.82) is 0 Å². The lowest BCUT2D eigenvalue weighted by molar-refractivity contribution is 0.689. The van der Waals surface area contributed by atoms with Crippen LogP contribution >= 0.6 is 0 Å². The average Bonchev–Trinajstić information content (AvgIpc) is 3.20. The fourth-order valence-electron chi connectivity index (χ4n) is 4.09. The first-order valence-corrected chi connectivity index (χ1v) is 9.69. The second-order valence-electron chi connectivity index (χ2n) is 7.18. The van der Waals surface area contributed by atoms with Crippen LogP contribution in [0.2, 0.25) is 0 Å². The van der Waals surface area contributed by atoms with Crippen LogP contribution in [0.3, 0.4) is 0 Å². The Morgan fingerprint density at radius 3 is 2.54 bits per heavy atom. The summed E-state index contributed by atoms with van der Waals surface area (Å²) in [4.78, 5) is 13.5. The summed E-state index contributed by atoms with van der Waals surface area (Å²) in [7, 11) is 0. The minimum Gasteiger partial charge on any atom is -0.281 e. The van der Waals surface area contributed by atoms with Crippen molar-refractivity contribution in [3.8, 4) is 5.69 Å². The van der Waals surface area contributed by atoms with Gasteiger partial charge in [-0.2, -0.15) is 0 Å². The molecule has 2 nitrogen and oxygen atoms in total. The number of hydrogen-bond donors (Lipinski definition) is 0. The van der Waals surface area contributed by atoms with Gasteiger partial charge < -0.3 is 0 Å². The third kappa shape index (κ3) is 3.12. The second kappa shape index (κ2) is 7.33. The molecule has 2 aromatic carbocycles. The molecule has 4 rings (SSSR count). The average molecular weight is 343 g/mol. The van der Waals surface area contributed by atoms with E-state index in [4.69, 9.17) is 0 Å². The lowest BCUT2D eigenvalue weighted by Gasteiger charge is -2.14. The third-order valence-electron chi connectivity index (χ3n) is 5.48. The molecule has 3 aromatic rings. The van der Waals surface area contributed by atoms with Gasteiger partial charge in [0.2, 0.25) is 0 Å². The van der Waals surface area contributed by atoms with E-state index >= 15 is 0 Å². The number of fused-ring (bicyclic) bond motifs is 1. The Kier molecular flexibility index (Phi) is 4.75. The van der Waals surface area contributed by atoms with Crippen LogP contribution in [-0.4, -0.2) is 4.57 Å². The zero-order valence-electron chi connectivity index (χ0n) is 15.3. The lowest BCUT2D eigenvalue weighted by Crippen LogP contribution is -2.22. The van der Waals surface area contributed by atoms with Gasteiger partial charge in [-0.1, -0.05) is 68.3 Å². The zero-order chi connectivity index (χ0) is 17.9. The minimum absolute atomic E-state index is 0.0808. The molecule has 0 bridgehead atoms. The topological polar surface area (TPSA) is 22.0 Å². The number of aryl methyl sites for hydroxylation is 1. The molecule has 0 spiro atoms. The van der Waals surface area contributed by atoms with Crippen molar-refractivity contribution in [2.45, 2.75) is 39.0 Å². The number of nitrogens with zero attached hydrogens (tertiary/aromatic N) is 1. The predicted molar refractivity (Wildman–Crippen MR) is 110 cm³/mol. The number of hydrogen-bond acceptors (Lipinski definition) is 1. The third-order valence-corrected chi connectivity index (χ3v) is 5.48. The summed E-state index contributed by atoms with van der Waals surface area (Å²) < 4.78 is 1.87. The largest absolute Gasteiger partial charge is 0.281 e. The highest BCUT2D eigenvalue weighted by Gasteiger charge is 2.14. The van der Waals surface area contributed by atoms with Gasteiger partial charge in [-0.3, -0.25) is 9.36 Å². The van der Waals surface area contributed by atoms with Gasteiger partial charge >= 0.3 is 0 Å². The minimum atomic E-state index is 0.0808. The normalized spacial score (nSPS) is 15.3. The van der Waals surface area contributed by atoms with Gasteiger partial charge in [0, 0.05) is 11.4 Å². The van der Waals surface area contributed by atoms with Crippen LogP contribution in [0.15, 0.2) is 65.5 Å². The van der Waals surface area contributed by atoms with E-state index in [1.807, 2.05) is 34.9 Å². The zero-order valence-corrected chi connectivity index (χ0v) is 15.3. The fraction of sp³-hybridized carbons (Fsp3) is 0.292. The Morgan fingerprint density at radius 1 is 1.04 bits per heavy atom. The smallest absolute Gasteiger partial charge is 0.263 e. The number of benzene rings is 2. The van der Waals surface area contributed by atoms with Gasteiger partial charge in [0.15, 0.2) is 0 Å². The second-order valence-corrected chi connectivity index (χ2v) is 7.18. The maximum absolute atomic E-state index is 13.5. The summed E-state index contributed by atoms with van der Waals surface area (Å²) in [6, 6.07) is 18.3. The van der Waals surface area contributed by atoms with E-state index in [0.29, 0.717) is 5.92 Å². The van der Waals surface area contributed by atoms with Gasteiger partial charge in [-0.15, -0.1) is 0 Å². The monoisotopic (exact) mass is 343 g/mol. The molecule has 1 aliphatic carbocycles. The van der Waals surface area contributed by atoms with Gasteiger partial charge in [-0.05, 0) is 54.3 Å². The molecule has 0 aliphatic heterocycles. The number of allylic oxidation sites excluding steroid dienone is 1. The molecule has 1 saturated carbocycles. The summed E-state index contributed by atoms with van der Waals surface area (Å²) in [6.45, 7) is 2.10. The van der Waals surface area contributed by atoms with Gasteiger partial charge in [0.25, 0.3) is 5.56 Å². The maximum atomic E-state index is 13.5. The van der Waals surface area contributed by atoms with Crippen molar-refractivity contribution in [1.82, 2.24) is 4.57 Å². The van der Waals surface area contributed by atoms with E-state index < -0.39 is 0 Å². The van der Waals surface area contributed by atoms with Crippen molar-refractivity contribution in [2.75, 3.05) is 0 Å². The van der Waals surface area contributed by atoms with Crippen LogP contribution in [0.4, 0.5) is 0 Å². The molecule has 0 N–H and O–H groups in total. The molecule has 1 fully saturated rings. The van der Waals surface area contributed by atoms with E-state index in [1.165, 1.54) is 25.7 Å². The fourth-order valence-corrected chi connectivity index (χ4v) is 4.09. The van der Waals surface area contributed by atoms with Crippen LogP contribution in [0, 0.1) is 5.92 Å². The van der Waals surface area contributed by atoms with Crippen molar-refractivity contribution in [2.24, 2.45) is 5.92 Å². The quantitative estimate of drug-likeness (QED) is 0.590. The first-order chi connectivity index (χ1) is 12.8. The molecule has 0 saturated heterocycles. The molecule has 1 heterocycles. The van der Waals surface area contributed by atoms with Crippen LogP contribution < -0.4 is 5.56 Å². The molecule has 0 radical (unpaired) electrons. The van der Waals surface area contributed by atoms with E-state index in [0.717, 1.165) is 34.1 Å². The highest BCUT2D eigenvalue weighted by molar-refractivity contribution is 5.90. The molecule has 132 valence electrons. The number of aromatic nitrogens is 1. The number of pyridine rings is 1. The summed E-state index contributed by atoms with van der Waals surface area (Å²) in [5.41, 5.74) is 3.10. The molecule has 26 heavy (non-hydrogen) atoms. The van der Waals surface area contributed by atoms with Crippen molar-refractivity contribution >= 4 is 16.8 Å². The predicted octanol–water partition coefficient (Wildman–Crippen LogP) is 5.76. The van der Waals surface area contributed by atoms with Crippen molar-refractivity contribution in [3.05, 3.63) is 82.3 Å².